The van der Waals surface area contributed by atoms with Crippen LogP contribution in [-0.2, 0) is 0 Å². The van der Waals surface area contributed by atoms with Gasteiger partial charge in [0.1, 0.15) is 0 Å². The highest BCUT2D eigenvalue weighted by Gasteiger charge is 2.25. The van der Waals surface area contributed by atoms with Crippen LogP contribution in [0, 0.1) is 17.3 Å². The fourth-order valence-electron chi connectivity index (χ4n) is 3.73. The molecule has 0 aromatic rings. The molecule has 0 aromatic heterocycles. The molecule has 0 amide bonds. The van der Waals surface area contributed by atoms with Gasteiger partial charge in [-0.1, -0.05) is 40.0 Å². The van der Waals surface area contributed by atoms with E-state index in [2.05, 4.69) is 26.1 Å². The summed E-state index contributed by atoms with van der Waals surface area (Å²) in [6, 6.07) is 0.811. The maximum atomic E-state index is 3.88. The maximum absolute atomic E-state index is 3.88. The third-order valence-electron chi connectivity index (χ3n) is 5.41. The fourth-order valence-corrected chi connectivity index (χ4v) is 3.73. The van der Waals surface area contributed by atoms with Crippen molar-refractivity contribution in [2.24, 2.45) is 17.3 Å². The van der Waals surface area contributed by atoms with E-state index in [0.717, 1.165) is 17.9 Å². The van der Waals surface area contributed by atoms with Crippen LogP contribution >= 0.6 is 0 Å². The van der Waals surface area contributed by atoms with Gasteiger partial charge in [-0.05, 0) is 62.3 Å². The molecule has 0 aromatic carbocycles. The quantitative estimate of drug-likeness (QED) is 0.713. The lowest BCUT2D eigenvalue weighted by Crippen LogP contribution is -2.34. The summed E-state index contributed by atoms with van der Waals surface area (Å²) in [6.07, 6.45) is 12.9. The van der Waals surface area contributed by atoms with E-state index in [0.29, 0.717) is 5.41 Å². The molecule has 2 rings (SSSR count). The first kappa shape index (κ1) is 14.4. The molecule has 0 heterocycles. The summed E-state index contributed by atoms with van der Waals surface area (Å²) in [5.74, 6) is 1.96. The summed E-state index contributed by atoms with van der Waals surface area (Å²) in [7, 11) is 0. The highest BCUT2D eigenvalue weighted by Crippen LogP contribution is 2.34. The van der Waals surface area contributed by atoms with Gasteiger partial charge in [0.25, 0.3) is 0 Å². The third kappa shape index (κ3) is 4.57. The van der Waals surface area contributed by atoms with Gasteiger partial charge < -0.3 is 5.32 Å². The molecule has 2 aliphatic rings. The van der Waals surface area contributed by atoms with Crippen molar-refractivity contribution in [1.82, 2.24) is 5.32 Å². The van der Waals surface area contributed by atoms with Gasteiger partial charge in [-0.2, -0.15) is 0 Å². The van der Waals surface area contributed by atoms with Gasteiger partial charge in [0, 0.05) is 6.04 Å². The van der Waals surface area contributed by atoms with Crippen LogP contribution in [0.3, 0.4) is 0 Å². The van der Waals surface area contributed by atoms with Crippen molar-refractivity contribution in [3.63, 3.8) is 0 Å². The van der Waals surface area contributed by atoms with E-state index >= 15 is 0 Å². The minimum atomic E-state index is 0.594. The molecule has 18 heavy (non-hydrogen) atoms. The Balaban J connectivity index is 1.67. The third-order valence-corrected chi connectivity index (χ3v) is 5.41. The minimum Gasteiger partial charge on any atom is -0.314 e. The van der Waals surface area contributed by atoms with E-state index in [9.17, 15) is 0 Å². The molecule has 106 valence electrons. The predicted molar refractivity (Wildman–Crippen MR) is 79.8 cm³/mol. The number of rotatable bonds is 3. The van der Waals surface area contributed by atoms with E-state index in [1.807, 2.05) is 0 Å². The Morgan fingerprint density at radius 1 is 0.944 bits per heavy atom. The lowest BCUT2D eigenvalue weighted by atomic mass is 9.83. The fraction of sp³-hybridized carbons (Fsp3) is 1.00. The van der Waals surface area contributed by atoms with Crippen LogP contribution < -0.4 is 5.32 Å². The van der Waals surface area contributed by atoms with Crippen LogP contribution in [0.4, 0.5) is 0 Å². The van der Waals surface area contributed by atoms with Crippen molar-refractivity contribution in [2.45, 2.75) is 84.6 Å². The average molecular weight is 251 g/mol. The van der Waals surface area contributed by atoms with Gasteiger partial charge in [0.05, 0.1) is 0 Å². The molecule has 1 unspecified atom stereocenters. The molecular formula is C17H33N. The SMILES string of the molecule is CC1CCC(CNC2CCCC(C)(C)CC2)CC1. The Labute approximate surface area is 114 Å². The maximum Gasteiger partial charge on any atom is 0.00673 e. The van der Waals surface area contributed by atoms with E-state index < -0.39 is 0 Å². The van der Waals surface area contributed by atoms with Crippen LogP contribution in [0.15, 0.2) is 0 Å². The van der Waals surface area contributed by atoms with Crippen molar-refractivity contribution in [1.29, 1.82) is 0 Å². The molecule has 0 saturated heterocycles. The number of nitrogens with one attached hydrogen (secondary N) is 1. The summed E-state index contributed by atoms with van der Waals surface area (Å²) in [6.45, 7) is 8.59. The predicted octanol–water partition coefficient (Wildman–Crippen LogP) is 4.76. The van der Waals surface area contributed by atoms with Crippen molar-refractivity contribution < 1.29 is 0 Å². The van der Waals surface area contributed by atoms with Gasteiger partial charge >= 0.3 is 0 Å². The van der Waals surface area contributed by atoms with Gasteiger partial charge in [-0.15, -0.1) is 0 Å². The molecule has 1 atom stereocenters. The van der Waals surface area contributed by atoms with Crippen molar-refractivity contribution in [3.05, 3.63) is 0 Å². The second-order valence-electron chi connectivity index (χ2n) is 7.83. The molecule has 1 heteroatoms. The summed E-state index contributed by atoms with van der Waals surface area (Å²) in [5.41, 5.74) is 0.594. The smallest absolute Gasteiger partial charge is 0.00673 e. The first-order valence-electron chi connectivity index (χ1n) is 8.28. The Kier molecular flexibility index (Phi) is 5.12. The second kappa shape index (κ2) is 6.41. The molecule has 2 saturated carbocycles. The summed E-state index contributed by atoms with van der Waals surface area (Å²) >= 11 is 0. The van der Waals surface area contributed by atoms with Crippen LogP contribution in [0.1, 0.15) is 78.6 Å². The average Bonchev–Trinajstić information content (AvgIpc) is 2.50. The van der Waals surface area contributed by atoms with Gasteiger partial charge in [-0.3, -0.25) is 0 Å². The molecule has 0 spiro atoms. The lowest BCUT2D eigenvalue weighted by molar-refractivity contribution is 0.267. The normalized spacial score (nSPS) is 37.2. The Morgan fingerprint density at radius 2 is 1.67 bits per heavy atom. The zero-order valence-electron chi connectivity index (χ0n) is 12.8. The van der Waals surface area contributed by atoms with E-state index in [1.165, 1.54) is 64.3 Å². The molecule has 0 bridgehead atoms. The monoisotopic (exact) mass is 251 g/mol. The highest BCUT2D eigenvalue weighted by atomic mass is 14.9. The standard InChI is InChI=1S/C17H33N/c1-14-6-8-15(9-7-14)13-18-16-5-4-11-17(2,3)12-10-16/h14-16,18H,4-13H2,1-3H3. The van der Waals surface area contributed by atoms with E-state index in [1.54, 1.807) is 0 Å². The van der Waals surface area contributed by atoms with Crippen LogP contribution in [0.25, 0.3) is 0 Å². The van der Waals surface area contributed by atoms with Crippen molar-refractivity contribution >= 4 is 0 Å². The largest absolute Gasteiger partial charge is 0.314 e. The van der Waals surface area contributed by atoms with Gasteiger partial charge in [0.2, 0.25) is 0 Å². The van der Waals surface area contributed by atoms with Crippen LogP contribution in [0.5, 0.6) is 0 Å². The van der Waals surface area contributed by atoms with Gasteiger partial charge in [0.15, 0.2) is 0 Å². The number of hydrogen-bond donors (Lipinski definition) is 1. The molecule has 0 aliphatic heterocycles. The van der Waals surface area contributed by atoms with E-state index in [4.69, 9.17) is 0 Å². The summed E-state index contributed by atoms with van der Waals surface area (Å²) in [5, 5.41) is 3.88. The Hall–Kier alpha value is -0.0400. The highest BCUT2D eigenvalue weighted by molar-refractivity contribution is 4.81. The molecule has 1 nitrogen and oxygen atoms in total. The molecule has 0 radical (unpaired) electrons. The molecule has 1 N–H and O–H groups in total. The van der Waals surface area contributed by atoms with Crippen LogP contribution in [0.2, 0.25) is 0 Å². The molecule has 2 fully saturated rings. The Bertz CT molecular complexity index is 238. The minimum absolute atomic E-state index is 0.594. The van der Waals surface area contributed by atoms with Crippen molar-refractivity contribution in [3.8, 4) is 0 Å². The van der Waals surface area contributed by atoms with Gasteiger partial charge in [-0.25, -0.2) is 0 Å². The zero-order chi connectivity index (χ0) is 13.0. The second-order valence-corrected chi connectivity index (χ2v) is 7.83. The molecular weight excluding hydrogens is 218 g/mol. The zero-order valence-corrected chi connectivity index (χ0v) is 12.8. The summed E-state index contributed by atoms with van der Waals surface area (Å²) in [4.78, 5) is 0. The molecule has 2 aliphatic carbocycles. The topological polar surface area (TPSA) is 12.0 Å². The summed E-state index contributed by atoms with van der Waals surface area (Å²) < 4.78 is 0. The Morgan fingerprint density at radius 3 is 2.39 bits per heavy atom. The van der Waals surface area contributed by atoms with Crippen molar-refractivity contribution in [2.75, 3.05) is 6.54 Å². The lowest BCUT2D eigenvalue weighted by Gasteiger charge is -2.28. The van der Waals surface area contributed by atoms with Crippen LogP contribution in [-0.4, -0.2) is 12.6 Å². The first-order chi connectivity index (χ1) is 8.55. The first-order valence-corrected chi connectivity index (χ1v) is 8.28. The van der Waals surface area contributed by atoms with E-state index in [-0.39, 0.29) is 0 Å². The number of hydrogen-bond acceptors (Lipinski definition) is 1.